The lowest BCUT2D eigenvalue weighted by atomic mass is 10.1. The van der Waals surface area contributed by atoms with Gasteiger partial charge in [-0.05, 0) is 49.1 Å². The standard InChI is InChI=1S/C23H23N3O2S/c1-2-15-3-5-17(6-4-15)23-26-20(14-29-23)13-21(27)24-18-9-11-19(12-10-18)25-22(28)16-7-8-16/h3-6,9-12,14,16H,2,7-8,13H2,1H3,(H,24,27)(H,25,28). The Kier molecular flexibility index (Phi) is 5.71. The van der Waals surface area contributed by atoms with Crippen LogP contribution in [0.4, 0.5) is 11.4 Å². The maximum atomic E-state index is 12.4. The van der Waals surface area contributed by atoms with E-state index in [-0.39, 0.29) is 24.2 Å². The Labute approximate surface area is 174 Å². The number of amides is 2. The van der Waals surface area contributed by atoms with Gasteiger partial charge in [0.25, 0.3) is 0 Å². The molecule has 0 aliphatic heterocycles. The highest BCUT2D eigenvalue weighted by Crippen LogP contribution is 2.30. The van der Waals surface area contributed by atoms with Gasteiger partial charge in [0.05, 0.1) is 12.1 Å². The molecule has 1 fully saturated rings. The molecule has 0 saturated heterocycles. The Morgan fingerprint density at radius 1 is 1.00 bits per heavy atom. The van der Waals surface area contributed by atoms with E-state index in [4.69, 9.17) is 0 Å². The number of carbonyl (C=O) groups is 2. The van der Waals surface area contributed by atoms with Crippen molar-refractivity contribution in [2.75, 3.05) is 10.6 Å². The van der Waals surface area contributed by atoms with Crippen LogP contribution in [0.25, 0.3) is 10.6 Å². The number of nitrogens with one attached hydrogen (secondary N) is 2. The molecule has 6 heteroatoms. The smallest absolute Gasteiger partial charge is 0.230 e. The molecule has 1 aliphatic rings. The number of thiazole rings is 1. The highest BCUT2D eigenvalue weighted by Gasteiger charge is 2.29. The number of nitrogens with zero attached hydrogens (tertiary/aromatic N) is 1. The van der Waals surface area contributed by atoms with Gasteiger partial charge in [-0.3, -0.25) is 9.59 Å². The fourth-order valence-corrected chi connectivity index (χ4v) is 3.83. The monoisotopic (exact) mass is 405 g/mol. The number of hydrogen-bond acceptors (Lipinski definition) is 4. The van der Waals surface area contributed by atoms with Crippen LogP contribution in [0.15, 0.2) is 53.9 Å². The number of hydrogen-bond donors (Lipinski definition) is 2. The van der Waals surface area contributed by atoms with Crippen molar-refractivity contribution in [1.82, 2.24) is 4.98 Å². The molecule has 0 atom stereocenters. The Bertz CT molecular complexity index is 1010. The number of anilines is 2. The summed E-state index contributed by atoms with van der Waals surface area (Å²) >= 11 is 1.55. The molecule has 3 aromatic rings. The molecule has 1 heterocycles. The maximum absolute atomic E-state index is 12.4. The first-order valence-corrected chi connectivity index (χ1v) is 10.7. The Hall–Kier alpha value is -2.99. The molecule has 2 N–H and O–H groups in total. The van der Waals surface area contributed by atoms with Crippen LogP contribution >= 0.6 is 11.3 Å². The van der Waals surface area contributed by atoms with Crippen molar-refractivity contribution in [3.8, 4) is 10.6 Å². The van der Waals surface area contributed by atoms with E-state index in [1.807, 2.05) is 5.38 Å². The molecule has 0 bridgehead atoms. The van der Waals surface area contributed by atoms with Gasteiger partial charge < -0.3 is 10.6 Å². The van der Waals surface area contributed by atoms with E-state index in [1.54, 1.807) is 35.6 Å². The quantitative estimate of drug-likeness (QED) is 0.587. The van der Waals surface area contributed by atoms with Crippen molar-refractivity contribution in [3.05, 3.63) is 65.2 Å². The van der Waals surface area contributed by atoms with Gasteiger partial charge in [0.2, 0.25) is 11.8 Å². The predicted molar refractivity (Wildman–Crippen MR) is 117 cm³/mol. The number of aromatic nitrogens is 1. The van der Waals surface area contributed by atoms with Crippen LogP contribution in [0.5, 0.6) is 0 Å². The molecular weight excluding hydrogens is 382 g/mol. The van der Waals surface area contributed by atoms with Gasteiger partial charge in [-0.1, -0.05) is 31.2 Å². The summed E-state index contributed by atoms with van der Waals surface area (Å²) in [4.78, 5) is 28.7. The average molecular weight is 406 g/mol. The van der Waals surface area contributed by atoms with Crippen molar-refractivity contribution in [1.29, 1.82) is 0 Å². The van der Waals surface area contributed by atoms with Crippen molar-refractivity contribution in [2.24, 2.45) is 5.92 Å². The molecule has 2 amide bonds. The zero-order valence-electron chi connectivity index (χ0n) is 16.3. The lowest BCUT2D eigenvalue weighted by Gasteiger charge is -2.07. The lowest BCUT2D eigenvalue weighted by molar-refractivity contribution is -0.117. The molecular formula is C23H23N3O2S. The van der Waals surface area contributed by atoms with Gasteiger partial charge in [-0.15, -0.1) is 11.3 Å². The minimum Gasteiger partial charge on any atom is -0.326 e. The molecule has 4 rings (SSSR count). The molecule has 0 spiro atoms. The zero-order chi connectivity index (χ0) is 20.2. The van der Waals surface area contributed by atoms with Gasteiger partial charge in [-0.25, -0.2) is 4.98 Å². The summed E-state index contributed by atoms with van der Waals surface area (Å²) in [6.07, 6.45) is 3.19. The van der Waals surface area contributed by atoms with Crippen LogP contribution in [-0.2, 0) is 22.4 Å². The largest absolute Gasteiger partial charge is 0.326 e. The van der Waals surface area contributed by atoms with Crippen molar-refractivity contribution in [2.45, 2.75) is 32.6 Å². The summed E-state index contributed by atoms with van der Waals surface area (Å²) in [7, 11) is 0. The Morgan fingerprint density at radius 2 is 1.66 bits per heavy atom. The van der Waals surface area contributed by atoms with Gasteiger partial charge in [0, 0.05) is 28.2 Å². The first-order chi connectivity index (χ1) is 14.1. The van der Waals surface area contributed by atoms with E-state index in [1.165, 1.54) is 5.56 Å². The summed E-state index contributed by atoms with van der Waals surface area (Å²) in [5.41, 5.74) is 4.57. The van der Waals surface area contributed by atoms with Crippen molar-refractivity contribution in [3.63, 3.8) is 0 Å². The molecule has 29 heavy (non-hydrogen) atoms. The minimum atomic E-state index is -0.113. The third-order valence-corrected chi connectivity index (χ3v) is 5.83. The molecule has 0 unspecified atom stereocenters. The van der Waals surface area contributed by atoms with Gasteiger partial charge in [0.15, 0.2) is 0 Å². The summed E-state index contributed by atoms with van der Waals surface area (Å²) in [5.74, 6) is 0.130. The van der Waals surface area contributed by atoms with Gasteiger partial charge in [-0.2, -0.15) is 0 Å². The topological polar surface area (TPSA) is 71.1 Å². The van der Waals surface area contributed by atoms with E-state index in [9.17, 15) is 9.59 Å². The first kappa shape index (κ1) is 19.3. The maximum Gasteiger partial charge on any atom is 0.230 e. The van der Waals surface area contributed by atoms with Crippen LogP contribution in [0, 0.1) is 5.92 Å². The summed E-state index contributed by atoms with van der Waals surface area (Å²) in [6, 6.07) is 15.6. The second-order valence-electron chi connectivity index (χ2n) is 7.26. The van der Waals surface area contributed by atoms with E-state index in [0.29, 0.717) is 5.69 Å². The van der Waals surface area contributed by atoms with Gasteiger partial charge in [0.1, 0.15) is 5.01 Å². The molecule has 1 saturated carbocycles. The molecule has 1 aliphatic carbocycles. The number of benzene rings is 2. The van der Waals surface area contributed by atoms with E-state index >= 15 is 0 Å². The normalized spacial score (nSPS) is 13.1. The third-order valence-electron chi connectivity index (χ3n) is 4.89. The van der Waals surface area contributed by atoms with Crippen LogP contribution in [-0.4, -0.2) is 16.8 Å². The minimum absolute atomic E-state index is 0.0745. The predicted octanol–water partition coefficient (Wildman–Crippen LogP) is 4.90. The first-order valence-electron chi connectivity index (χ1n) is 9.85. The van der Waals surface area contributed by atoms with E-state index in [0.717, 1.165) is 41.2 Å². The SMILES string of the molecule is CCc1ccc(-c2nc(CC(=O)Nc3ccc(NC(=O)C4CC4)cc3)cs2)cc1. The Morgan fingerprint density at radius 3 is 2.28 bits per heavy atom. The molecule has 148 valence electrons. The molecule has 1 aromatic heterocycles. The fraction of sp³-hybridized carbons (Fsp3) is 0.261. The lowest BCUT2D eigenvalue weighted by Crippen LogP contribution is -2.15. The Balaban J connectivity index is 1.32. The fourth-order valence-electron chi connectivity index (χ4n) is 3.00. The van der Waals surface area contributed by atoms with Crippen LogP contribution in [0.2, 0.25) is 0 Å². The summed E-state index contributed by atoms with van der Waals surface area (Å²) in [6.45, 7) is 2.13. The van der Waals surface area contributed by atoms with Crippen molar-refractivity contribution < 1.29 is 9.59 Å². The van der Waals surface area contributed by atoms with E-state index < -0.39 is 0 Å². The zero-order valence-corrected chi connectivity index (χ0v) is 17.1. The second kappa shape index (κ2) is 8.57. The highest BCUT2D eigenvalue weighted by atomic mass is 32.1. The number of aryl methyl sites for hydroxylation is 1. The third kappa shape index (κ3) is 5.09. The van der Waals surface area contributed by atoms with Crippen molar-refractivity contribution >= 4 is 34.5 Å². The number of rotatable bonds is 7. The van der Waals surface area contributed by atoms with Crippen LogP contribution in [0.3, 0.4) is 0 Å². The molecule has 0 radical (unpaired) electrons. The molecule has 2 aromatic carbocycles. The van der Waals surface area contributed by atoms with Crippen LogP contribution < -0.4 is 10.6 Å². The van der Waals surface area contributed by atoms with E-state index in [2.05, 4.69) is 46.8 Å². The summed E-state index contributed by atoms with van der Waals surface area (Å²) in [5, 5.41) is 8.62. The summed E-state index contributed by atoms with van der Waals surface area (Å²) < 4.78 is 0. The van der Waals surface area contributed by atoms with Gasteiger partial charge >= 0.3 is 0 Å². The highest BCUT2D eigenvalue weighted by molar-refractivity contribution is 7.13. The van der Waals surface area contributed by atoms with Crippen LogP contribution in [0.1, 0.15) is 31.0 Å². The second-order valence-corrected chi connectivity index (χ2v) is 8.12. The molecule has 5 nitrogen and oxygen atoms in total. The average Bonchev–Trinajstić information content (AvgIpc) is 3.49. The number of carbonyl (C=O) groups excluding carboxylic acids is 2.